The number of nitrogens with one attached hydrogen (secondary N) is 1. The molecule has 0 unspecified atom stereocenters. The van der Waals surface area contributed by atoms with Crippen LogP contribution >= 0.6 is 0 Å². The summed E-state index contributed by atoms with van der Waals surface area (Å²) in [5.41, 5.74) is 0.181. The maximum atomic E-state index is 12.8. The molecule has 168 valence electrons. The second-order valence-corrected chi connectivity index (χ2v) is 7.30. The van der Waals surface area contributed by atoms with Crippen molar-refractivity contribution in [2.24, 2.45) is 7.05 Å². The summed E-state index contributed by atoms with van der Waals surface area (Å²) >= 11 is 0. The number of aryl methyl sites for hydroxylation is 1. The summed E-state index contributed by atoms with van der Waals surface area (Å²) in [4.78, 5) is 51.9. The standard InChI is InChI=1S/C21H19N7O5/c1-25-8-3-6-16(20(25)30)19(29)22-7-9-27-18-17(11-24-27)21(31)26(13-23-18)12-14-4-2-5-15(10-14)28(32)33/h2-6,8,10-11,13H,7,9,12H2,1H3,(H,22,29). The van der Waals surface area contributed by atoms with Crippen LogP contribution in [0.5, 0.6) is 0 Å². The van der Waals surface area contributed by atoms with Crippen LogP contribution < -0.4 is 16.4 Å². The van der Waals surface area contributed by atoms with Gasteiger partial charge in [-0.3, -0.25) is 29.1 Å². The maximum absolute atomic E-state index is 12.8. The van der Waals surface area contributed by atoms with Gasteiger partial charge in [-0.15, -0.1) is 0 Å². The van der Waals surface area contributed by atoms with Gasteiger partial charge >= 0.3 is 0 Å². The molecule has 0 saturated carbocycles. The number of carbonyl (C=O) groups excluding carboxylic acids is 1. The van der Waals surface area contributed by atoms with E-state index in [0.717, 1.165) is 0 Å². The summed E-state index contributed by atoms with van der Waals surface area (Å²) in [7, 11) is 1.56. The quantitative estimate of drug-likeness (QED) is 0.322. The van der Waals surface area contributed by atoms with Crippen molar-refractivity contribution in [1.82, 2.24) is 29.2 Å². The van der Waals surface area contributed by atoms with Gasteiger partial charge in [0.15, 0.2) is 5.65 Å². The second kappa shape index (κ2) is 8.86. The summed E-state index contributed by atoms with van der Waals surface area (Å²) in [5, 5.41) is 18.1. The largest absolute Gasteiger partial charge is 0.350 e. The molecule has 4 rings (SSSR count). The minimum Gasteiger partial charge on any atom is -0.350 e. The normalized spacial score (nSPS) is 10.9. The highest BCUT2D eigenvalue weighted by Gasteiger charge is 2.13. The molecule has 12 nitrogen and oxygen atoms in total. The summed E-state index contributed by atoms with van der Waals surface area (Å²) < 4.78 is 4.15. The van der Waals surface area contributed by atoms with Crippen LogP contribution in [0.3, 0.4) is 0 Å². The highest BCUT2D eigenvalue weighted by atomic mass is 16.6. The van der Waals surface area contributed by atoms with Gasteiger partial charge in [-0.1, -0.05) is 12.1 Å². The summed E-state index contributed by atoms with van der Waals surface area (Å²) in [6, 6.07) is 9.10. The molecule has 33 heavy (non-hydrogen) atoms. The van der Waals surface area contributed by atoms with E-state index in [1.165, 1.54) is 44.5 Å². The Morgan fingerprint density at radius 1 is 1.18 bits per heavy atom. The lowest BCUT2D eigenvalue weighted by atomic mass is 10.2. The van der Waals surface area contributed by atoms with Crippen molar-refractivity contribution < 1.29 is 9.72 Å². The molecule has 3 aromatic heterocycles. The predicted octanol–water partition coefficient (Wildman–Crippen LogP) is 0.678. The average Bonchev–Trinajstić information content (AvgIpc) is 3.21. The molecule has 0 aliphatic heterocycles. The first-order valence-corrected chi connectivity index (χ1v) is 9.93. The number of nitro groups is 1. The molecule has 0 radical (unpaired) electrons. The van der Waals surface area contributed by atoms with Gasteiger partial charge in [-0.05, 0) is 17.7 Å². The SMILES string of the molecule is Cn1cccc(C(=O)NCCn2ncc3c(=O)n(Cc4cccc([N+](=O)[O-])c4)cnc32)c1=O. The van der Waals surface area contributed by atoms with Gasteiger partial charge < -0.3 is 9.88 Å². The molecule has 0 fully saturated rings. The van der Waals surface area contributed by atoms with E-state index in [9.17, 15) is 24.5 Å². The Labute approximate surface area is 185 Å². The average molecular weight is 449 g/mol. The Kier molecular flexibility index (Phi) is 5.81. The molecule has 1 amide bonds. The van der Waals surface area contributed by atoms with Gasteiger partial charge in [-0.25, -0.2) is 9.67 Å². The number of hydrogen-bond donors (Lipinski definition) is 1. The van der Waals surface area contributed by atoms with Gasteiger partial charge in [0.25, 0.3) is 22.7 Å². The van der Waals surface area contributed by atoms with Gasteiger partial charge in [0.1, 0.15) is 17.3 Å². The van der Waals surface area contributed by atoms with Crippen LogP contribution in [0.15, 0.2) is 64.7 Å². The Morgan fingerprint density at radius 3 is 2.79 bits per heavy atom. The Bertz CT molecular complexity index is 1480. The number of rotatable bonds is 7. The molecule has 0 saturated heterocycles. The van der Waals surface area contributed by atoms with E-state index in [-0.39, 0.29) is 41.8 Å². The fourth-order valence-corrected chi connectivity index (χ4v) is 3.38. The van der Waals surface area contributed by atoms with E-state index in [1.807, 2.05) is 0 Å². The zero-order valence-corrected chi connectivity index (χ0v) is 17.5. The number of nitrogens with zero attached hydrogens (tertiary/aromatic N) is 6. The van der Waals surface area contributed by atoms with Crippen molar-refractivity contribution in [3.8, 4) is 0 Å². The van der Waals surface area contributed by atoms with Crippen LogP contribution in [0.1, 0.15) is 15.9 Å². The number of aromatic nitrogens is 5. The number of hydrogen-bond acceptors (Lipinski definition) is 7. The van der Waals surface area contributed by atoms with E-state index in [1.54, 1.807) is 31.4 Å². The van der Waals surface area contributed by atoms with Crippen LogP contribution in [0.4, 0.5) is 5.69 Å². The highest BCUT2D eigenvalue weighted by Crippen LogP contribution is 2.14. The predicted molar refractivity (Wildman–Crippen MR) is 118 cm³/mol. The van der Waals surface area contributed by atoms with E-state index < -0.39 is 16.4 Å². The third kappa shape index (κ3) is 4.39. The zero-order chi connectivity index (χ0) is 23.5. The number of carbonyl (C=O) groups is 1. The summed E-state index contributed by atoms with van der Waals surface area (Å²) in [5.74, 6) is -0.500. The molecule has 0 spiro atoms. The van der Waals surface area contributed by atoms with E-state index in [4.69, 9.17) is 0 Å². The van der Waals surface area contributed by atoms with Gasteiger partial charge in [0.2, 0.25) is 0 Å². The monoisotopic (exact) mass is 449 g/mol. The van der Waals surface area contributed by atoms with Gasteiger partial charge in [-0.2, -0.15) is 5.10 Å². The van der Waals surface area contributed by atoms with E-state index in [0.29, 0.717) is 11.2 Å². The number of non-ortho nitro benzene ring substituents is 1. The smallest absolute Gasteiger partial charge is 0.269 e. The van der Waals surface area contributed by atoms with Crippen LogP contribution in [-0.2, 0) is 20.1 Å². The van der Waals surface area contributed by atoms with E-state index in [2.05, 4.69) is 15.4 Å². The maximum Gasteiger partial charge on any atom is 0.269 e. The van der Waals surface area contributed by atoms with Crippen LogP contribution in [0.2, 0.25) is 0 Å². The second-order valence-electron chi connectivity index (χ2n) is 7.30. The summed E-state index contributed by atoms with van der Waals surface area (Å²) in [6.45, 7) is 0.534. The number of nitro benzene ring substituents is 1. The number of amides is 1. The van der Waals surface area contributed by atoms with Gasteiger partial charge in [0.05, 0.1) is 24.2 Å². The first-order chi connectivity index (χ1) is 15.8. The number of fused-ring (bicyclic) bond motifs is 1. The van der Waals surface area contributed by atoms with E-state index >= 15 is 0 Å². The molecule has 0 aliphatic rings. The van der Waals surface area contributed by atoms with Crippen molar-refractivity contribution >= 4 is 22.6 Å². The fraction of sp³-hybridized carbons (Fsp3) is 0.190. The van der Waals surface area contributed by atoms with Crippen LogP contribution in [0, 0.1) is 10.1 Å². The molecule has 3 heterocycles. The van der Waals surface area contributed by atoms with Crippen molar-refractivity contribution in [3.63, 3.8) is 0 Å². The molecular formula is C21H19N7O5. The van der Waals surface area contributed by atoms with Crippen LogP contribution in [-0.4, -0.2) is 41.3 Å². The topological polar surface area (TPSA) is 147 Å². The summed E-state index contributed by atoms with van der Waals surface area (Å²) in [6.07, 6.45) is 4.31. The number of benzene rings is 1. The molecule has 12 heteroatoms. The molecule has 1 aromatic carbocycles. The Hall–Kier alpha value is -4.61. The molecule has 0 bridgehead atoms. The zero-order valence-electron chi connectivity index (χ0n) is 17.5. The number of pyridine rings is 1. The lowest BCUT2D eigenvalue weighted by molar-refractivity contribution is -0.384. The minimum atomic E-state index is -0.500. The minimum absolute atomic E-state index is 0.0347. The van der Waals surface area contributed by atoms with Crippen molar-refractivity contribution in [1.29, 1.82) is 0 Å². The van der Waals surface area contributed by atoms with Crippen molar-refractivity contribution in [2.75, 3.05) is 6.54 Å². The van der Waals surface area contributed by atoms with Crippen molar-refractivity contribution in [2.45, 2.75) is 13.1 Å². The van der Waals surface area contributed by atoms with Gasteiger partial charge in [0, 0.05) is 31.9 Å². The molecule has 0 aliphatic carbocycles. The molecular weight excluding hydrogens is 430 g/mol. The third-order valence-corrected chi connectivity index (χ3v) is 5.07. The highest BCUT2D eigenvalue weighted by molar-refractivity contribution is 5.93. The third-order valence-electron chi connectivity index (χ3n) is 5.07. The van der Waals surface area contributed by atoms with Crippen LogP contribution in [0.25, 0.3) is 11.0 Å². The Balaban J connectivity index is 1.48. The first kappa shape index (κ1) is 21.6. The fourth-order valence-electron chi connectivity index (χ4n) is 3.38. The Morgan fingerprint density at radius 2 is 2.00 bits per heavy atom. The molecule has 4 aromatic rings. The molecule has 0 atom stereocenters. The van der Waals surface area contributed by atoms with Crippen molar-refractivity contribution in [3.05, 3.63) is 97.1 Å². The first-order valence-electron chi connectivity index (χ1n) is 9.93. The lowest BCUT2D eigenvalue weighted by Crippen LogP contribution is -2.33. The lowest BCUT2D eigenvalue weighted by Gasteiger charge is -2.08. The molecule has 1 N–H and O–H groups in total.